The maximum Gasteiger partial charge on any atom is 0.372 e. The number of aryl methyl sites for hydroxylation is 2. The average molecular weight is 416 g/mol. The maximum absolute atomic E-state index is 10.7. The molecule has 2 aromatic heterocycles. The van der Waals surface area contributed by atoms with Gasteiger partial charge in [-0.3, -0.25) is 0 Å². The van der Waals surface area contributed by atoms with Gasteiger partial charge in [0.05, 0.1) is 22.1 Å². The summed E-state index contributed by atoms with van der Waals surface area (Å²) in [4.78, 5) is 29.4. The minimum atomic E-state index is -1.00. The Morgan fingerprint density at radius 3 is 1.37 bits per heavy atom. The maximum atomic E-state index is 10.7. The van der Waals surface area contributed by atoms with Gasteiger partial charge in [0, 0.05) is 31.2 Å². The Labute approximate surface area is 164 Å². The number of hydrogen-bond donors (Lipinski definition) is 2. The second-order valence-corrected chi connectivity index (χ2v) is 5.58. The number of benzene rings is 2. The zero-order chi connectivity index (χ0) is 18.8. The zero-order valence-corrected chi connectivity index (χ0v) is 15.4. The van der Waals surface area contributed by atoms with Crippen molar-refractivity contribution >= 4 is 34.0 Å². The fraction of sp³-hybridized carbons (Fsp3) is 0.111. The van der Waals surface area contributed by atoms with Crippen LogP contribution in [0.25, 0.3) is 22.1 Å². The van der Waals surface area contributed by atoms with E-state index in [9.17, 15) is 9.59 Å². The summed E-state index contributed by atoms with van der Waals surface area (Å²) in [5, 5.41) is 17.6. The number of hydrogen-bond acceptors (Lipinski definition) is 4. The van der Waals surface area contributed by atoms with Gasteiger partial charge in [-0.2, -0.15) is 0 Å². The van der Waals surface area contributed by atoms with Crippen molar-refractivity contribution in [3.05, 3.63) is 60.2 Å². The normalized spacial score (nSPS) is 10.1. The fourth-order valence-corrected chi connectivity index (χ4v) is 2.67. The van der Waals surface area contributed by atoms with Gasteiger partial charge in [0.1, 0.15) is 0 Å². The van der Waals surface area contributed by atoms with Crippen LogP contribution < -0.4 is 0 Å². The zero-order valence-electron chi connectivity index (χ0n) is 14.4. The van der Waals surface area contributed by atoms with Crippen molar-refractivity contribution in [3.63, 3.8) is 0 Å². The van der Waals surface area contributed by atoms with Gasteiger partial charge in [-0.1, -0.05) is 24.3 Å². The van der Waals surface area contributed by atoms with Crippen LogP contribution in [0.2, 0.25) is 0 Å². The molecule has 2 N–H and O–H groups in total. The van der Waals surface area contributed by atoms with E-state index in [0.717, 1.165) is 11.0 Å². The monoisotopic (exact) mass is 415 g/mol. The average Bonchev–Trinajstić information content (AvgIpc) is 3.14. The molecule has 0 saturated carbocycles. The van der Waals surface area contributed by atoms with E-state index in [0.29, 0.717) is 11.0 Å². The summed E-state index contributed by atoms with van der Waals surface area (Å²) in [6, 6.07) is 14.7. The van der Waals surface area contributed by atoms with E-state index in [1.807, 2.05) is 36.4 Å². The molecule has 0 bridgehead atoms. The number of aromatic nitrogens is 4. The summed E-state index contributed by atoms with van der Waals surface area (Å²) in [5.41, 5.74) is 3.09. The van der Waals surface area contributed by atoms with Crippen LogP contribution in [0.5, 0.6) is 0 Å². The Kier molecular flexibility index (Phi) is 5.99. The number of imidazole rings is 2. The number of fused-ring (bicyclic) bond motifs is 2. The summed E-state index contributed by atoms with van der Waals surface area (Å²) in [6.45, 7) is 0. The molecule has 2 heterocycles. The van der Waals surface area contributed by atoms with Crippen molar-refractivity contribution in [2.24, 2.45) is 14.1 Å². The molecule has 0 aliphatic carbocycles. The molecule has 8 nitrogen and oxygen atoms in total. The topological polar surface area (TPSA) is 110 Å². The van der Waals surface area contributed by atoms with E-state index in [-0.39, 0.29) is 28.7 Å². The second-order valence-electron chi connectivity index (χ2n) is 5.58. The van der Waals surface area contributed by atoms with Crippen LogP contribution in [0.1, 0.15) is 21.2 Å². The summed E-state index contributed by atoms with van der Waals surface area (Å²) >= 11 is 0. The molecule has 0 unspecified atom stereocenters. The SMILES string of the molecule is Cn1c(C(=O)O)nc2ccccc21.Cn1c(C(=O)O)nc2ccccc21.[Cu]. The molecule has 2 aromatic carbocycles. The summed E-state index contributed by atoms with van der Waals surface area (Å²) in [5.74, 6) is -1.86. The Bertz CT molecular complexity index is 1040. The van der Waals surface area contributed by atoms with E-state index >= 15 is 0 Å². The first-order chi connectivity index (χ1) is 12.4. The molecule has 4 aromatic rings. The third-order valence-corrected chi connectivity index (χ3v) is 3.96. The van der Waals surface area contributed by atoms with E-state index < -0.39 is 11.9 Å². The molecule has 0 atom stereocenters. The molecule has 0 aliphatic rings. The molecule has 0 saturated heterocycles. The van der Waals surface area contributed by atoms with Crippen molar-refractivity contribution in [1.29, 1.82) is 0 Å². The molecular formula is C18H16CuN4O4. The van der Waals surface area contributed by atoms with Crippen LogP contribution in [0, 0.1) is 0 Å². The Hall–Kier alpha value is -3.16. The predicted molar refractivity (Wildman–Crippen MR) is 95.3 cm³/mol. The van der Waals surface area contributed by atoms with E-state index in [1.165, 1.54) is 0 Å². The third-order valence-electron chi connectivity index (χ3n) is 3.96. The number of aromatic carboxylic acids is 2. The van der Waals surface area contributed by atoms with Crippen LogP contribution >= 0.6 is 0 Å². The van der Waals surface area contributed by atoms with E-state index in [1.54, 1.807) is 35.4 Å². The first kappa shape index (κ1) is 20.2. The molecule has 143 valence electrons. The minimum Gasteiger partial charge on any atom is -0.475 e. The first-order valence-electron chi connectivity index (χ1n) is 7.69. The van der Waals surface area contributed by atoms with E-state index in [4.69, 9.17) is 10.2 Å². The number of nitrogens with zero attached hydrogens (tertiary/aromatic N) is 4. The van der Waals surface area contributed by atoms with Crippen molar-refractivity contribution in [3.8, 4) is 0 Å². The minimum absolute atomic E-state index is 0. The molecular weight excluding hydrogens is 400 g/mol. The third kappa shape index (κ3) is 3.84. The van der Waals surface area contributed by atoms with Crippen LogP contribution in [-0.4, -0.2) is 41.3 Å². The van der Waals surface area contributed by atoms with Gasteiger partial charge in [-0.05, 0) is 24.3 Å². The summed E-state index contributed by atoms with van der Waals surface area (Å²) < 4.78 is 3.13. The second kappa shape index (κ2) is 8.03. The molecule has 0 spiro atoms. The molecule has 0 aliphatic heterocycles. The van der Waals surface area contributed by atoms with Crippen molar-refractivity contribution in [2.45, 2.75) is 0 Å². The standard InChI is InChI=1S/2C9H8N2O2.Cu/c2*1-11-7-5-3-2-4-6(7)10-8(11)9(12)13;/h2*2-5H,1H3,(H,12,13);. The van der Waals surface area contributed by atoms with Crippen LogP contribution in [-0.2, 0) is 31.2 Å². The number of carboxylic acids is 2. The van der Waals surface area contributed by atoms with Gasteiger partial charge in [0.15, 0.2) is 0 Å². The number of carbonyl (C=O) groups is 2. The number of carboxylic acid groups (broad SMARTS) is 2. The Morgan fingerprint density at radius 1 is 0.741 bits per heavy atom. The molecule has 0 amide bonds. The van der Waals surface area contributed by atoms with Crippen molar-refractivity contribution in [1.82, 2.24) is 19.1 Å². The van der Waals surface area contributed by atoms with Crippen LogP contribution in [0.3, 0.4) is 0 Å². The molecule has 0 fully saturated rings. The van der Waals surface area contributed by atoms with Gasteiger partial charge in [-0.25, -0.2) is 19.6 Å². The van der Waals surface area contributed by atoms with Gasteiger partial charge < -0.3 is 19.3 Å². The van der Waals surface area contributed by atoms with Crippen LogP contribution in [0.15, 0.2) is 48.5 Å². The Morgan fingerprint density at radius 2 is 1.07 bits per heavy atom. The molecule has 4 rings (SSSR count). The fourth-order valence-electron chi connectivity index (χ4n) is 2.67. The van der Waals surface area contributed by atoms with Crippen molar-refractivity contribution in [2.75, 3.05) is 0 Å². The largest absolute Gasteiger partial charge is 0.475 e. The summed E-state index contributed by atoms with van der Waals surface area (Å²) in [6.07, 6.45) is 0. The van der Waals surface area contributed by atoms with Gasteiger partial charge in [0.2, 0.25) is 11.6 Å². The predicted octanol–water partition coefficient (Wildman–Crippen LogP) is 2.54. The van der Waals surface area contributed by atoms with Crippen molar-refractivity contribution < 1.29 is 36.9 Å². The van der Waals surface area contributed by atoms with Crippen LogP contribution in [0.4, 0.5) is 0 Å². The van der Waals surface area contributed by atoms with Gasteiger partial charge in [-0.15, -0.1) is 0 Å². The molecule has 9 heteroatoms. The number of rotatable bonds is 2. The van der Waals surface area contributed by atoms with Gasteiger partial charge >= 0.3 is 11.9 Å². The number of para-hydroxylation sites is 4. The quantitative estimate of drug-likeness (QED) is 0.487. The van der Waals surface area contributed by atoms with Gasteiger partial charge in [0.25, 0.3) is 0 Å². The molecule has 1 radical (unpaired) electrons. The Balaban J connectivity index is 0.000000187. The molecule has 27 heavy (non-hydrogen) atoms. The smallest absolute Gasteiger partial charge is 0.372 e. The first-order valence-corrected chi connectivity index (χ1v) is 7.69. The van der Waals surface area contributed by atoms with E-state index in [2.05, 4.69) is 9.97 Å². The summed E-state index contributed by atoms with van der Waals surface area (Å²) in [7, 11) is 3.39.